The Balaban J connectivity index is 2.08. The predicted octanol–water partition coefficient (Wildman–Crippen LogP) is 4.76. The van der Waals surface area contributed by atoms with Gasteiger partial charge in [-0.3, -0.25) is 14.8 Å². The van der Waals surface area contributed by atoms with Crippen molar-refractivity contribution in [2.75, 3.05) is 4.72 Å². The molecule has 0 heterocycles. The number of hydrogen-bond donors (Lipinski definition) is 1. The summed E-state index contributed by atoms with van der Waals surface area (Å²) in [5.41, 5.74) is 1.39. The van der Waals surface area contributed by atoms with E-state index in [0.29, 0.717) is 5.56 Å². The first-order valence-electron chi connectivity index (χ1n) is 8.41. The summed E-state index contributed by atoms with van der Waals surface area (Å²) in [4.78, 5) is 10.6. The van der Waals surface area contributed by atoms with E-state index in [2.05, 4.69) is 16.6 Å². The monoisotopic (exact) mass is 426 g/mol. The Bertz CT molecular complexity index is 1230. The summed E-state index contributed by atoms with van der Waals surface area (Å²) in [5.74, 6) is 5.73. The number of nitro benzene ring substituents is 1. The van der Waals surface area contributed by atoms with E-state index >= 15 is 0 Å². The molecule has 0 fully saturated rings. The smallest absolute Gasteiger partial charge is 0.278 e. The van der Waals surface area contributed by atoms with E-state index < -0.39 is 20.6 Å². The highest BCUT2D eigenvalue weighted by atomic mass is 35.5. The van der Waals surface area contributed by atoms with E-state index in [-0.39, 0.29) is 21.2 Å². The van der Waals surface area contributed by atoms with Crippen LogP contribution < -0.4 is 4.72 Å². The van der Waals surface area contributed by atoms with Gasteiger partial charge in [-0.15, -0.1) is 0 Å². The minimum Gasteiger partial charge on any atom is -0.278 e. The molecule has 0 saturated heterocycles. The maximum atomic E-state index is 12.7. The van der Waals surface area contributed by atoms with E-state index in [4.69, 9.17) is 11.6 Å². The molecule has 0 saturated carbocycles. The third kappa shape index (κ3) is 4.93. The van der Waals surface area contributed by atoms with Crippen LogP contribution >= 0.6 is 11.6 Å². The molecule has 0 bridgehead atoms. The van der Waals surface area contributed by atoms with E-state index in [1.807, 2.05) is 25.1 Å². The molecule has 0 aliphatic heterocycles. The van der Waals surface area contributed by atoms with Crippen molar-refractivity contribution in [3.8, 4) is 11.8 Å². The summed E-state index contributed by atoms with van der Waals surface area (Å²) in [7, 11) is -3.97. The summed E-state index contributed by atoms with van der Waals surface area (Å²) in [6, 6.07) is 17.6. The number of hydrogen-bond acceptors (Lipinski definition) is 4. The molecule has 3 aromatic carbocycles. The second-order valence-corrected chi connectivity index (χ2v) is 8.23. The number of nitrogens with one attached hydrogen (secondary N) is 1. The van der Waals surface area contributed by atoms with E-state index in [0.717, 1.165) is 11.6 Å². The largest absolute Gasteiger partial charge is 0.290 e. The Morgan fingerprint density at radius 3 is 2.28 bits per heavy atom. The van der Waals surface area contributed by atoms with Gasteiger partial charge in [-0.05, 0) is 37.3 Å². The number of rotatable bonds is 4. The Hall–Kier alpha value is -3.34. The fourth-order valence-corrected chi connectivity index (χ4v) is 3.78. The van der Waals surface area contributed by atoms with Gasteiger partial charge < -0.3 is 0 Å². The summed E-state index contributed by atoms with van der Waals surface area (Å²) in [6.07, 6.45) is 0. The number of nitrogens with zero attached hydrogens (tertiary/aromatic N) is 1. The zero-order valence-corrected chi connectivity index (χ0v) is 16.8. The molecule has 29 heavy (non-hydrogen) atoms. The lowest BCUT2D eigenvalue weighted by atomic mass is 10.1. The first-order chi connectivity index (χ1) is 13.8. The van der Waals surface area contributed by atoms with Crippen LogP contribution in [0.25, 0.3) is 0 Å². The zero-order valence-electron chi connectivity index (χ0n) is 15.2. The number of sulfonamides is 1. The summed E-state index contributed by atoms with van der Waals surface area (Å²) >= 11 is 6.00. The highest BCUT2D eigenvalue weighted by molar-refractivity contribution is 7.92. The SMILES string of the molecule is Cc1ccc(S(=O)(=O)Nc2cc([N+](=O)[O-])c(Cl)cc2C#Cc2ccccc2)cc1. The lowest BCUT2D eigenvalue weighted by Gasteiger charge is -2.11. The molecular formula is C21H15ClN2O4S. The van der Waals surface area contributed by atoms with Crippen molar-refractivity contribution in [2.45, 2.75) is 11.8 Å². The van der Waals surface area contributed by atoms with Crippen LogP contribution in [0.15, 0.2) is 71.6 Å². The van der Waals surface area contributed by atoms with Crippen LogP contribution in [0.3, 0.4) is 0 Å². The number of nitro groups is 1. The van der Waals surface area contributed by atoms with Gasteiger partial charge in [0.05, 0.1) is 21.1 Å². The molecule has 0 atom stereocenters. The van der Waals surface area contributed by atoms with Gasteiger partial charge in [0.2, 0.25) is 0 Å². The topological polar surface area (TPSA) is 89.3 Å². The average molecular weight is 427 g/mol. The molecule has 8 heteroatoms. The summed E-state index contributed by atoms with van der Waals surface area (Å²) in [5, 5.41) is 11.1. The molecule has 0 radical (unpaired) electrons. The lowest BCUT2D eigenvalue weighted by molar-refractivity contribution is -0.384. The second kappa shape index (κ2) is 8.35. The molecule has 1 N–H and O–H groups in total. The van der Waals surface area contributed by atoms with Crippen LogP contribution in [0.5, 0.6) is 0 Å². The van der Waals surface area contributed by atoms with Crippen LogP contribution in [-0.2, 0) is 10.0 Å². The molecule has 0 spiro atoms. The minimum atomic E-state index is -3.97. The molecule has 6 nitrogen and oxygen atoms in total. The van der Waals surface area contributed by atoms with Gasteiger partial charge in [0, 0.05) is 11.6 Å². The molecule has 146 valence electrons. The van der Waals surface area contributed by atoms with Gasteiger partial charge in [0.1, 0.15) is 5.02 Å². The molecule has 0 unspecified atom stereocenters. The number of anilines is 1. The molecule has 0 aliphatic carbocycles. The van der Waals surface area contributed by atoms with Gasteiger partial charge in [-0.2, -0.15) is 0 Å². The van der Waals surface area contributed by atoms with Crippen molar-refractivity contribution in [1.82, 2.24) is 0 Å². The number of benzene rings is 3. The summed E-state index contributed by atoms with van der Waals surface area (Å²) < 4.78 is 27.9. The average Bonchev–Trinajstić information content (AvgIpc) is 2.68. The quantitative estimate of drug-likeness (QED) is 0.370. The van der Waals surface area contributed by atoms with Crippen molar-refractivity contribution in [2.24, 2.45) is 0 Å². The van der Waals surface area contributed by atoms with Crippen molar-refractivity contribution >= 4 is 33.0 Å². The molecule has 0 amide bonds. The standard InChI is InChI=1S/C21H15ClN2O4S/c1-15-7-11-18(12-8-15)29(27,28)23-20-14-21(24(25)26)19(22)13-17(20)10-9-16-5-3-2-4-6-16/h2-8,11-14,23H,1H3. The van der Waals surface area contributed by atoms with Crippen LogP contribution in [0.2, 0.25) is 5.02 Å². The summed E-state index contributed by atoms with van der Waals surface area (Å²) in [6.45, 7) is 1.84. The Morgan fingerprint density at radius 1 is 1.00 bits per heavy atom. The van der Waals surface area contributed by atoms with Gasteiger partial charge in [-0.1, -0.05) is 59.3 Å². The van der Waals surface area contributed by atoms with Gasteiger partial charge in [0.25, 0.3) is 15.7 Å². The highest BCUT2D eigenvalue weighted by Crippen LogP contribution is 2.32. The van der Waals surface area contributed by atoms with Gasteiger partial charge >= 0.3 is 0 Å². The van der Waals surface area contributed by atoms with Crippen molar-refractivity contribution < 1.29 is 13.3 Å². The van der Waals surface area contributed by atoms with Gasteiger partial charge in [-0.25, -0.2) is 8.42 Å². The molecular weight excluding hydrogens is 412 g/mol. The Labute approximate surface area is 173 Å². The predicted molar refractivity (Wildman–Crippen MR) is 113 cm³/mol. The zero-order chi connectivity index (χ0) is 21.0. The van der Waals surface area contributed by atoms with Crippen molar-refractivity contribution in [1.29, 1.82) is 0 Å². The second-order valence-electron chi connectivity index (χ2n) is 6.14. The highest BCUT2D eigenvalue weighted by Gasteiger charge is 2.21. The minimum absolute atomic E-state index is 0.0230. The Morgan fingerprint density at radius 2 is 1.66 bits per heavy atom. The van der Waals surface area contributed by atoms with Crippen molar-refractivity contribution in [3.63, 3.8) is 0 Å². The lowest BCUT2D eigenvalue weighted by Crippen LogP contribution is -2.14. The molecule has 0 aliphatic rings. The molecule has 3 aromatic rings. The van der Waals surface area contributed by atoms with E-state index in [1.165, 1.54) is 18.2 Å². The first-order valence-corrected chi connectivity index (χ1v) is 10.3. The van der Waals surface area contributed by atoms with Crippen LogP contribution in [0.1, 0.15) is 16.7 Å². The van der Waals surface area contributed by atoms with Gasteiger partial charge in [0.15, 0.2) is 0 Å². The van der Waals surface area contributed by atoms with Crippen LogP contribution in [-0.4, -0.2) is 13.3 Å². The van der Waals surface area contributed by atoms with E-state index in [1.54, 1.807) is 24.3 Å². The van der Waals surface area contributed by atoms with Crippen molar-refractivity contribution in [3.05, 3.63) is 98.6 Å². The fourth-order valence-electron chi connectivity index (χ4n) is 2.47. The normalized spacial score (nSPS) is 10.7. The number of aryl methyl sites for hydroxylation is 1. The molecule has 3 rings (SSSR count). The fraction of sp³-hybridized carbons (Fsp3) is 0.0476. The number of halogens is 1. The first kappa shape index (κ1) is 20.4. The molecule has 0 aromatic heterocycles. The van der Waals surface area contributed by atoms with Crippen LogP contribution in [0.4, 0.5) is 11.4 Å². The van der Waals surface area contributed by atoms with E-state index in [9.17, 15) is 18.5 Å². The Kier molecular flexibility index (Phi) is 5.87. The maximum absolute atomic E-state index is 12.7. The van der Waals surface area contributed by atoms with Crippen LogP contribution in [0, 0.1) is 28.9 Å². The maximum Gasteiger partial charge on any atom is 0.290 e. The third-order valence-electron chi connectivity index (χ3n) is 3.97. The third-order valence-corrected chi connectivity index (χ3v) is 5.66.